The first-order valence-electron chi connectivity index (χ1n) is 17.4. The van der Waals surface area contributed by atoms with Gasteiger partial charge in [-0.1, -0.05) is 19.1 Å². The maximum atomic E-state index is 14.4. The van der Waals surface area contributed by atoms with Gasteiger partial charge >= 0.3 is 6.09 Å². The third-order valence-corrected chi connectivity index (χ3v) is 12.6. The quantitative estimate of drug-likeness (QED) is 0.273. The number of fused-ring (bicyclic) bond motifs is 3. The molecule has 2 aliphatic carbocycles. The summed E-state index contributed by atoms with van der Waals surface area (Å²) in [6.45, 7) is 3.40. The van der Waals surface area contributed by atoms with E-state index in [1.165, 1.54) is 12.0 Å². The molecule has 4 aliphatic rings. The van der Waals surface area contributed by atoms with Crippen molar-refractivity contribution in [1.82, 2.24) is 25.2 Å². The summed E-state index contributed by atoms with van der Waals surface area (Å²) in [6.07, 6.45) is 2.80. The Balaban J connectivity index is 1.35. The average molecular weight is 744 g/mol. The summed E-state index contributed by atoms with van der Waals surface area (Å²) in [5.41, 5.74) is -1.58. The highest BCUT2D eigenvalue weighted by atomic mass is 32.2. The van der Waals surface area contributed by atoms with Crippen molar-refractivity contribution in [3.63, 3.8) is 0 Å². The number of nitrogens with one attached hydrogen (secondary N) is 3. The molecule has 17 heteroatoms. The number of aromatic nitrogens is 1. The van der Waals surface area contributed by atoms with Crippen LogP contribution >= 0.6 is 0 Å². The number of sulfonamides is 1. The van der Waals surface area contributed by atoms with E-state index in [1.807, 2.05) is 6.08 Å². The summed E-state index contributed by atoms with van der Waals surface area (Å²) in [6, 6.07) is 4.39. The molecular formula is C35H45N5O11S. The minimum atomic E-state index is -4.02. The third-order valence-electron chi connectivity index (χ3n) is 10.4. The monoisotopic (exact) mass is 743 g/mol. The van der Waals surface area contributed by atoms with Crippen LogP contribution in [0.25, 0.3) is 10.8 Å². The molecule has 1 aromatic heterocycles. The molecule has 1 saturated heterocycles. The van der Waals surface area contributed by atoms with E-state index < -0.39 is 74.3 Å². The Labute approximate surface area is 301 Å². The molecule has 0 unspecified atom stereocenters. The van der Waals surface area contributed by atoms with E-state index in [9.17, 15) is 32.7 Å². The molecule has 3 fully saturated rings. The molecule has 2 saturated carbocycles. The average Bonchev–Trinajstić information content (AvgIpc) is 3.99. The van der Waals surface area contributed by atoms with Crippen LogP contribution in [0.15, 0.2) is 36.4 Å². The lowest BCUT2D eigenvalue weighted by molar-refractivity contribution is -0.144. The maximum Gasteiger partial charge on any atom is 0.405 e. The molecule has 16 nitrogen and oxygen atoms in total. The van der Waals surface area contributed by atoms with Gasteiger partial charge in [0.25, 0.3) is 5.91 Å². The largest absolute Gasteiger partial charge is 0.497 e. The topological polar surface area (TPSA) is 212 Å². The number of hydrogen-bond acceptors (Lipinski definition) is 11. The Morgan fingerprint density at radius 3 is 2.62 bits per heavy atom. The van der Waals surface area contributed by atoms with Crippen LogP contribution in [0.2, 0.25) is 0 Å². The van der Waals surface area contributed by atoms with Crippen molar-refractivity contribution in [3.8, 4) is 17.5 Å². The summed E-state index contributed by atoms with van der Waals surface area (Å²) in [5.74, 6) is -1.76. The van der Waals surface area contributed by atoms with Crippen molar-refractivity contribution in [2.75, 3.05) is 27.4 Å². The molecule has 3 heterocycles. The Morgan fingerprint density at radius 1 is 1.17 bits per heavy atom. The molecule has 6 atom stereocenters. The van der Waals surface area contributed by atoms with Crippen molar-refractivity contribution >= 4 is 44.6 Å². The van der Waals surface area contributed by atoms with E-state index in [2.05, 4.69) is 20.3 Å². The maximum absolute atomic E-state index is 14.4. The van der Waals surface area contributed by atoms with E-state index in [4.69, 9.17) is 18.9 Å². The van der Waals surface area contributed by atoms with Gasteiger partial charge in [0, 0.05) is 30.4 Å². The summed E-state index contributed by atoms with van der Waals surface area (Å²) in [7, 11) is -1.02. The van der Waals surface area contributed by atoms with Gasteiger partial charge in [0.1, 0.15) is 29.5 Å². The van der Waals surface area contributed by atoms with Gasteiger partial charge in [-0.3, -0.25) is 19.1 Å². The van der Waals surface area contributed by atoms with Crippen LogP contribution in [-0.4, -0.2) is 109 Å². The number of hydrogen-bond donors (Lipinski definition) is 4. The molecule has 2 aliphatic heterocycles. The normalized spacial score (nSPS) is 29.3. The van der Waals surface area contributed by atoms with Gasteiger partial charge in [-0.25, -0.2) is 13.2 Å². The fourth-order valence-electron chi connectivity index (χ4n) is 6.87. The number of carbonyl (C=O) groups excluding carboxylic acids is 3. The van der Waals surface area contributed by atoms with Crippen LogP contribution in [0.4, 0.5) is 4.79 Å². The number of nitrogens with zero attached hydrogens (tertiary/aromatic N) is 2. The molecule has 52 heavy (non-hydrogen) atoms. The number of pyridine rings is 1. The summed E-state index contributed by atoms with van der Waals surface area (Å²) < 4.78 is 50.5. The highest BCUT2D eigenvalue weighted by Gasteiger charge is 2.63. The number of benzene rings is 1. The van der Waals surface area contributed by atoms with E-state index in [1.54, 1.807) is 51.3 Å². The number of carbonyl (C=O) groups is 4. The zero-order chi connectivity index (χ0) is 37.4. The SMILES string of the molecule is CC[C@@H]1OCCC/C=C\[C@@H]2C[C@@]2(C(=O)NS(=O)(=O)C2(C)CC2)NC(=O)[C@@H]2C[C@@H](Oc3nc(OC)cc4cc(OC)ccc34)CN2C(=O)[C@H]1NC(=O)O. The van der Waals surface area contributed by atoms with E-state index in [-0.39, 0.29) is 37.8 Å². The van der Waals surface area contributed by atoms with Crippen LogP contribution in [0.5, 0.6) is 17.5 Å². The minimum Gasteiger partial charge on any atom is -0.497 e. The summed E-state index contributed by atoms with van der Waals surface area (Å²) >= 11 is 0. The Kier molecular flexibility index (Phi) is 10.3. The number of methoxy groups -OCH3 is 2. The summed E-state index contributed by atoms with van der Waals surface area (Å²) in [5, 5.41) is 16.2. The molecule has 282 valence electrons. The van der Waals surface area contributed by atoms with Gasteiger partial charge in [0.15, 0.2) is 0 Å². The standard InChI is InChI=1S/C35H45N5O11S/c1-5-26-28(37-33(44)45)31(42)40-19-23(51-30-24-11-10-22(48-3)15-20(24)16-27(36-30)49-4)17-25(40)29(41)38-35(18-21(35)9-7-6-8-14-50-26)32(43)39-52(46,47)34(2)12-13-34/h7,9-11,15-16,21,23,25-26,28,37H,5-6,8,12-14,17-19H2,1-4H3,(H,38,41)(H,39,43)(H,44,45)/b9-7-/t21-,23-,25+,26+,28+,35-/m1/s1. The predicted molar refractivity (Wildman–Crippen MR) is 186 cm³/mol. The van der Waals surface area contributed by atoms with Crippen LogP contribution in [0.3, 0.4) is 0 Å². The van der Waals surface area contributed by atoms with E-state index >= 15 is 0 Å². The Morgan fingerprint density at radius 2 is 1.94 bits per heavy atom. The molecule has 0 spiro atoms. The Bertz CT molecular complexity index is 1880. The first-order valence-corrected chi connectivity index (χ1v) is 18.9. The van der Waals surface area contributed by atoms with Crippen LogP contribution < -0.4 is 29.6 Å². The lowest BCUT2D eigenvalue weighted by atomic mass is 10.1. The smallest absolute Gasteiger partial charge is 0.405 e. The zero-order valence-corrected chi connectivity index (χ0v) is 30.4. The van der Waals surface area contributed by atoms with E-state index in [0.717, 1.165) is 0 Å². The van der Waals surface area contributed by atoms with Crippen molar-refractivity contribution in [2.45, 2.75) is 93.4 Å². The lowest BCUT2D eigenvalue weighted by Crippen LogP contribution is -2.60. The molecule has 2 aromatic rings. The highest BCUT2D eigenvalue weighted by molar-refractivity contribution is 7.91. The lowest BCUT2D eigenvalue weighted by Gasteiger charge is -2.32. The van der Waals surface area contributed by atoms with Crippen molar-refractivity contribution in [2.24, 2.45) is 5.92 Å². The van der Waals surface area contributed by atoms with Crippen LogP contribution in [0.1, 0.15) is 58.8 Å². The highest BCUT2D eigenvalue weighted by Crippen LogP contribution is 2.47. The molecule has 0 bridgehead atoms. The number of amides is 4. The molecule has 1 aromatic carbocycles. The van der Waals surface area contributed by atoms with Crippen molar-refractivity contribution < 1.29 is 51.6 Å². The zero-order valence-electron chi connectivity index (χ0n) is 29.5. The number of ether oxygens (including phenoxy) is 4. The number of carboxylic acid groups (broad SMARTS) is 1. The van der Waals surface area contributed by atoms with Gasteiger partial charge in [-0.05, 0) is 69.0 Å². The third kappa shape index (κ3) is 7.33. The van der Waals surface area contributed by atoms with Crippen LogP contribution in [-0.2, 0) is 29.1 Å². The first kappa shape index (κ1) is 37.1. The Hall–Kier alpha value is -4.64. The van der Waals surface area contributed by atoms with Gasteiger partial charge in [-0.15, -0.1) is 0 Å². The number of rotatable bonds is 9. The second-order valence-electron chi connectivity index (χ2n) is 14.0. The summed E-state index contributed by atoms with van der Waals surface area (Å²) in [4.78, 5) is 60.2. The fourth-order valence-corrected chi connectivity index (χ4v) is 8.18. The molecular weight excluding hydrogens is 698 g/mol. The fraction of sp³-hybridized carbons (Fsp3) is 0.571. The van der Waals surface area contributed by atoms with Crippen molar-refractivity contribution in [3.05, 3.63) is 36.4 Å². The van der Waals surface area contributed by atoms with Gasteiger partial charge < -0.3 is 39.6 Å². The van der Waals surface area contributed by atoms with E-state index in [0.29, 0.717) is 48.6 Å². The first-order chi connectivity index (χ1) is 24.7. The number of allylic oxidation sites excluding steroid dienone is 1. The predicted octanol–water partition coefficient (Wildman–Crippen LogP) is 2.26. The second-order valence-corrected chi connectivity index (χ2v) is 16.2. The molecule has 4 N–H and O–H groups in total. The van der Waals surface area contributed by atoms with Crippen LogP contribution in [0, 0.1) is 5.92 Å². The molecule has 4 amide bonds. The molecule has 0 radical (unpaired) electrons. The van der Waals surface area contributed by atoms with Gasteiger partial charge in [0.2, 0.25) is 33.6 Å². The van der Waals surface area contributed by atoms with Crippen molar-refractivity contribution in [1.29, 1.82) is 0 Å². The van der Waals surface area contributed by atoms with Gasteiger partial charge in [-0.2, -0.15) is 4.98 Å². The second kappa shape index (κ2) is 14.4. The minimum absolute atomic E-state index is 0.0554. The molecule has 6 rings (SSSR count). The van der Waals surface area contributed by atoms with Gasteiger partial charge in [0.05, 0.1) is 31.6 Å².